The average molecular weight is 259 g/mol. The van der Waals surface area contributed by atoms with Gasteiger partial charge >= 0.3 is 5.97 Å². The largest absolute Gasteiger partial charge is 0.481 e. The first-order chi connectivity index (χ1) is 9.08. The highest BCUT2D eigenvalue weighted by Crippen LogP contribution is 2.43. The van der Waals surface area contributed by atoms with Gasteiger partial charge in [0.2, 0.25) is 0 Å². The Morgan fingerprint density at radius 3 is 2.42 bits per heavy atom. The molecular formula is C16H21NO2. The Hall–Kier alpha value is -1.51. The van der Waals surface area contributed by atoms with E-state index in [2.05, 4.69) is 36.9 Å². The standard InChI is InChI=1S/C16H21NO2/c1-10-4-3-5-15(11(10)2)17-13-6-7-14(17)9-12(8-13)16(18)19/h3-5,12-14H,6-9H2,1-2H3,(H,18,19). The number of anilines is 1. The average Bonchev–Trinajstić information content (AvgIpc) is 2.63. The second-order valence-corrected chi connectivity index (χ2v) is 6.02. The predicted molar refractivity (Wildman–Crippen MR) is 75.6 cm³/mol. The van der Waals surface area contributed by atoms with Crippen molar-refractivity contribution in [1.29, 1.82) is 0 Å². The van der Waals surface area contributed by atoms with Gasteiger partial charge in [0, 0.05) is 17.8 Å². The summed E-state index contributed by atoms with van der Waals surface area (Å²) in [6.45, 7) is 4.32. The molecule has 2 bridgehead atoms. The number of piperidine rings is 1. The Balaban J connectivity index is 1.92. The van der Waals surface area contributed by atoms with Crippen molar-refractivity contribution in [3.05, 3.63) is 29.3 Å². The lowest BCUT2D eigenvalue weighted by atomic mass is 9.89. The quantitative estimate of drug-likeness (QED) is 0.887. The van der Waals surface area contributed by atoms with Crippen molar-refractivity contribution >= 4 is 11.7 Å². The number of hydrogen-bond acceptors (Lipinski definition) is 2. The van der Waals surface area contributed by atoms with E-state index < -0.39 is 5.97 Å². The lowest BCUT2D eigenvalue weighted by Gasteiger charge is -2.40. The molecule has 2 saturated heterocycles. The lowest BCUT2D eigenvalue weighted by molar-refractivity contribution is -0.142. The monoisotopic (exact) mass is 259 g/mol. The maximum absolute atomic E-state index is 11.2. The van der Waals surface area contributed by atoms with Crippen molar-refractivity contribution in [2.45, 2.75) is 51.6 Å². The van der Waals surface area contributed by atoms with E-state index in [1.807, 2.05) is 0 Å². The minimum Gasteiger partial charge on any atom is -0.481 e. The molecule has 0 radical (unpaired) electrons. The van der Waals surface area contributed by atoms with E-state index >= 15 is 0 Å². The summed E-state index contributed by atoms with van der Waals surface area (Å²) in [5.74, 6) is -0.753. The van der Waals surface area contributed by atoms with Crippen LogP contribution in [0.25, 0.3) is 0 Å². The molecule has 19 heavy (non-hydrogen) atoms. The van der Waals surface area contributed by atoms with Crippen LogP contribution in [0, 0.1) is 19.8 Å². The van der Waals surface area contributed by atoms with Gasteiger partial charge in [0.25, 0.3) is 0 Å². The van der Waals surface area contributed by atoms with Gasteiger partial charge in [-0.15, -0.1) is 0 Å². The van der Waals surface area contributed by atoms with Crippen LogP contribution in [0.2, 0.25) is 0 Å². The molecule has 2 aliphatic rings. The topological polar surface area (TPSA) is 40.5 Å². The number of carbonyl (C=O) groups is 1. The van der Waals surface area contributed by atoms with Crippen molar-refractivity contribution in [1.82, 2.24) is 0 Å². The molecule has 1 N–H and O–H groups in total. The number of rotatable bonds is 2. The highest BCUT2D eigenvalue weighted by Gasteiger charge is 2.43. The van der Waals surface area contributed by atoms with Crippen LogP contribution in [0.1, 0.15) is 36.8 Å². The fourth-order valence-electron chi connectivity index (χ4n) is 3.79. The molecule has 0 saturated carbocycles. The third kappa shape index (κ3) is 2.01. The Labute approximate surface area is 114 Å². The van der Waals surface area contributed by atoms with Crippen LogP contribution >= 0.6 is 0 Å². The normalized spacial score (nSPS) is 29.6. The fourth-order valence-corrected chi connectivity index (χ4v) is 3.79. The van der Waals surface area contributed by atoms with E-state index in [1.165, 1.54) is 16.8 Å². The summed E-state index contributed by atoms with van der Waals surface area (Å²) in [6.07, 6.45) is 3.89. The number of benzene rings is 1. The minimum atomic E-state index is -0.613. The third-order valence-electron chi connectivity index (χ3n) is 4.94. The maximum atomic E-state index is 11.2. The van der Waals surface area contributed by atoms with Crippen LogP contribution in [-0.2, 0) is 4.79 Å². The fraction of sp³-hybridized carbons (Fsp3) is 0.562. The van der Waals surface area contributed by atoms with Gasteiger partial charge in [0.1, 0.15) is 0 Å². The van der Waals surface area contributed by atoms with Crippen molar-refractivity contribution in [3.63, 3.8) is 0 Å². The summed E-state index contributed by atoms with van der Waals surface area (Å²) in [5.41, 5.74) is 3.97. The molecule has 102 valence electrons. The first-order valence-corrected chi connectivity index (χ1v) is 7.15. The zero-order valence-electron chi connectivity index (χ0n) is 11.6. The van der Waals surface area contributed by atoms with Gasteiger partial charge in [0.15, 0.2) is 0 Å². The van der Waals surface area contributed by atoms with Crippen molar-refractivity contribution in [3.8, 4) is 0 Å². The van der Waals surface area contributed by atoms with E-state index in [4.69, 9.17) is 0 Å². The molecule has 0 amide bonds. The Morgan fingerprint density at radius 1 is 1.21 bits per heavy atom. The van der Waals surface area contributed by atoms with Crippen LogP contribution in [0.15, 0.2) is 18.2 Å². The number of nitrogens with zero attached hydrogens (tertiary/aromatic N) is 1. The summed E-state index contributed by atoms with van der Waals surface area (Å²) in [5, 5.41) is 9.24. The van der Waals surface area contributed by atoms with Gasteiger partial charge in [0.05, 0.1) is 5.92 Å². The van der Waals surface area contributed by atoms with Gasteiger partial charge in [-0.1, -0.05) is 12.1 Å². The summed E-state index contributed by atoms with van der Waals surface area (Å²) in [6, 6.07) is 7.28. The predicted octanol–water partition coefficient (Wildman–Crippen LogP) is 3.14. The maximum Gasteiger partial charge on any atom is 0.306 e. The summed E-state index contributed by atoms with van der Waals surface area (Å²) in [7, 11) is 0. The van der Waals surface area contributed by atoms with Crippen LogP contribution in [0.5, 0.6) is 0 Å². The van der Waals surface area contributed by atoms with E-state index in [1.54, 1.807) is 0 Å². The molecule has 2 atom stereocenters. The zero-order valence-corrected chi connectivity index (χ0v) is 11.6. The number of aliphatic carboxylic acids is 1. The molecule has 2 unspecified atom stereocenters. The molecule has 2 aliphatic heterocycles. The molecule has 3 heteroatoms. The zero-order chi connectivity index (χ0) is 13.6. The van der Waals surface area contributed by atoms with Gasteiger partial charge in [-0.05, 0) is 56.7 Å². The molecule has 2 fully saturated rings. The molecule has 0 aromatic heterocycles. The number of fused-ring (bicyclic) bond motifs is 2. The third-order valence-corrected chi connectivity index (χ3v) is 4.94. The molecule has 1 aromatic carbocycles. The molecular weight excluding hydrogens is 238 g/mol. The van der Waals surface area contributed by atoms with Gasteiger partial charge in [-0.3, -0.25) is 4.79 Å². The van der Waals surface area contributed by atoms with Gasteiger partial charge < -0.3 is 10.0 Å². The molecule has 0 aliphatic carbocycles. The number of hydrogen-bond donors (Lipinski definition) is 1. The van der Waals surface area contributed by atoms with Crippen molar-refractivity contribution < 1.29 is 9.90 Å². The minimum absolute atomic E-state index is 0.140. The van der Waals surface area contributed by atoms with Crippen LogP contribution in [0.3, 0.4) is 0 Å². The van der Waals surface area contributed by atoms with Crippen LogP contribution < -0.4 is 4.90 Å². The molecule has 2 heterocycles. The highest BCUT2D eigenvalue weighted by molar-refractivity contribution is 5.71. The smallest absolute Gasteiger partial charge is 0.306 e. The van der Waals surface area contributed by atoms with E-state index in [9.17, 15) is 9.90 Å². The first-order valence-electron chi connectivity index (χ1n) is 7.15. The summed E-state index contributed by atoms with van der Waals surface area (Å²) >= 11 is 0. The number of carboxylic acids is 1. The van der Waals surface area contributed by atoms with Crippen molar-refractivity contribution in [2.24, 2.45) is 5.92 Å². The second-order valence-electron chi connectivity index (χ2n) is 6.02. The molecule has 1 aromatic rings. The van der Waals surface area contributed by atoms with Gasteiger partial charge in [-0.25, -0.2) is 0 Å². The molecule has 3 rings (SSSR count). The first kappa shape index (κ1) is 12.5. The van der Waals surface area contributed by atoms with Gasteiger partial charge in [-0.2, -0.15) is 0 Å². The van der Waals surface area contributed by atoms with E-state index in [0.717, 1.165) is 25.7 Å². The summed E-state index contributed by atoms with van der Waals surface area (Å²) < 4.78 is 0. The Morgan fingerprint density at radius 2 is 1.84 bits per heavy atom. The SMILES string of the molecule is Cc1cccc(N2C3CCC2CC(C(=O)O)C3)c1C. The lowest BCUT2D eigenvalue weighted by Crippen LogP contribution is -2.45. The highest BCUT2D eigenvalue weighted by atomic mass is 16.4. The number of aryl methyl sites for hydroxylation is 1. The van der Waals surface area contributed by atoms with E-state index in [0.29, 0.717) is 12.1 Å². The van der Waals surface area contributed by atoms with Crippen LogP contribution in [0.4, 0.5) is 5.69 Å². The Bertz CT molecular complexity index is 497. The van der Waals surface area contributed by atoms with E-state index in [-0.39, 0.29) is 5.92 Å². The van der Waals surface area contributed by atoms with Crippen molar-refractivity contribution in [2.75, 3.05) is 4.90 Å². The Kier molecular flexibility index (Phi) is 3.00. The van der Waals surface area contributed by atoms with Crippen LogP contribution in [-0.4, -0.2) is 23.2 Å². The second kappa shape index (κ2) is 4.55. The summed E-state index contributed by atoms with van der Waals surface area (Å²) in [4.78, 5) is 13.7. The molecule has 0 spiro atoms. The molecule has 3 nitrogen and oxygen atoms in total. The number of carboxylic acid groups (broad SMARTS) is 1.